The third kappa shape index (κ3) is 7.99. The Balaban J connectivity index is 2.10. The van der Waals surface area contributed by atoms with Crippen LogP contribution in [0.2, 0.25) is 0 Å². The van der Waals surface area contributed by atoms with E-state index in [-0.39, 0.29) is 5.88 Å². The molecule has 1 aromatic rings. The first-order chi connectivity index (χ1) is 10.1. The Morgan fingerprint density at radius 2 is 2.00 bits per heavy atom. The van der Waals surface area contributed by atoms with Crippen molar-refractivity contribution in [3.05, 3.63) is 11.8 Å². The predicted octanol–water partition coefficient (Wildman–Crippen LogP) is 4.33. The molecule has 0 saturated heterocycles. The normalized spacial score (nSPS) is 10.6. The molecule has 0 aliphatic rings. The number of nitrogens with zero attached hydrogens (tertiary/aromatic N) is 2. The Morgan fingerprint density at radius 3 is 2.71 bits per heavy atom. The van der Waals surface area contributed by atoms with Gasteiger partial charge in [-0.05, 0) is 17.3 Å². The monoisotopic (exact) mass is 314 g/mol. The molecule has 0 spiro atoms. The first kappa shape index (κ1) is 17.9. The van der Waals surface area contributed by atoms with Gasteiger partial charge in [-0.15, -0.1) is 0 Å². The molecule has 0 radical (unpaired) electrons. The fraction of sp³-hybridized carbons (Fsp3) is 0.733. The second-order valence-corrected chi connectivity index (χ2v) is 6.32. The van der Waals surface area contributed by atoms with Crippen molar-refractivity contribution >= 4 is 17.9 Å². The molecule has 1 rings (SSSR count). The number of hydrogen-bond acceptors (Lipinski definition) is 5. The first-order valence-corrected chi connectivity index (χ1v) is 8.71. The van der Waals surface area contributed by atoms with Crippen LogP contribution in [0.4, 0.5) is 4.79 Å². The molecule has 1 aromatic heterocycles. The number of carbonyl (C=O) groups is 1. The molecule has 0 aromatic carbocycles. The standard InChI is InChI=1S/C15H26N2O3S/c1-4-5-6-7-8-9-10-21-12-13-11-14(16-20-13)19-15(18)17(2)3/h11H,4-10,12H2,1-3H3. The third-order valence-electron chi connectivity index (χ3n) is 2.98. The molecule has 0 fully saturated rings. The predicted molar refractivity (Wildman–Crippen MR) is 85.8 cm³/mol. The Labute approximate surface area is 131 Å². The summed E-state index contributed by atoms with van der Waals surface area (Å²) in [7, 11) is 3.25. The number of carbonyl (C=O) groups excluding carboxylic acids is 1. The average molecular weight is 314 g/mol. The molecule has 120 valence electrons. The van der Waals surface area contributed by atoms with E-state index in [0.29, 0.717) is 0 Å². The Morgan fingerprint density at radius 1 is 1.29 bits per heavy atom. The van der Waals surface area contributed by atoms with Crippen LogP contribution < -0.4 is 4.74 Å². The van der Waals surface area contributed by atoms with Gasteiger partial charge in [-0.25, -0.2) is 4.79 Å². The van der Waals surface area contributed by atoms with Gasteiger partial charge in [0.25, 0.3) is 5.88 Å². The maximum absolute atomic E-state index is 11.3. The molecule has 0 aliphatic heterocycles. The van der Waals surface area contributed by atoms with E-state index in [9.17, 15) is 4.79 Å². The van der Waals surface area contributed by atoms with E-state index < -0.39 is 6.09 Å². The van der Waals surface area contributed by atoms with Crippen molar-refractivity contribution in [3.8, 4) is 5.88 Å². The zero-order valence-corrected chi connectivity index (χ0v) is 14.1. The minimum atomic E-state index is -0.449. The lowest BCUT2D eigenvalue weighted by Crippen LogP contribution is -2.25. The van der Waals surface area contributed by atoms with E-state index in [2.05, 4.69) is 12.1 Å². The maximum atomic E-state index is 11.3. The van der Waals surface area contributed by atoms with Crippen molar-refractivity contribution in [1.82, 2.24) is 10.1 Å². The molecular weight excluding hydrogens is 288 g/mol. The van der Waals surface area contributed by atoms with Gasteiger partial charge in [0.1, 0.15) is 0 Å². The molecule has 0 aliphatic carbocycles. The van der Waals surface area contributed by atoms with Crippen molar-refractivity contribution in [2.24, 2.45) is 0 Å². The summed E-state index contributed by atoms with van der Waals surface area (Å²) in [4.78, 5) is 12.7. The van der Waals surface area contributed by atoms with Crippen LogP contribution in [0.25, 0.3) is 0 Å². The Kier molecular flexibility index (Phi) is 8.98. The van der Waals surface area contributed by atoms with Crippen molar-refractivity contribution in [2.75, 3.05) is 19.8 Å². The van der Waals surface area contributed by atoms with Gasteiger partial charge in [-0.1, -0.05) is 39.0 Å². The molecule has 21 heavy (non-hydrogen) atoms. The number of rotatable bonds is 10. The second kappa shape index (κ2) is 10.5. The van der Waals surface area contributed by atoms with E-state index in [1.807, 2.05) is 11.8 Å². The van der Waals surface area contributed by atoms with Crippen molar-refractivity contribution in [3.63, 3.8) is 0 Å². The molecule has 0 atom stereocenters. The summed E-state index contributed by atoms with van der Waals surface area (Å²) >= 11 is 1.82. The van der Waals surface area contributed by atoms with Gasteiger partial charge in [0.15, 0.2) is 5.76 Å². The third-order valence-corrected chi connectivity index (χ3v) is 4.05. The molecular formula is C15H26N2O3S. The van der Waals surface area contributed by atoms with E-state index in [1.54, 1.807) is 20.2 Å². The lowest BCUT2D eigenvalue weighted by atomic mass is 10.1. The van der Waals surface area contributed by atoms with E-state index >= 15 is 0 Å². The van der Waals surface area contributed by atoms with Gasteiger partial charge in [-0.3, -0.25) is 0 Å². The molecule has 0 bridgehead atoms. The number of aromatic nitrogens is 1. The van der Waals surface area contributed by atoms with Crippen LogP contribution in [-0.2, 0) is 5.75 Å². The summed E-state index contributed by atoms with van der Waals surface area (Å²) in [6.07, 6.45) is 7.42. The number of ether oxygens (including phenoxy) is 1. The molecule has 1 amide bonds. The molecule has 5 nitrogen and oxygen atoms in total. The SMILES string of the molecule is CCCCCCCCSCc1cc(OC(=O)N(C)C)no1. The summed E-state index contributed by atoms with van der Waals surface area (Å²) in [5, 5.41) is 3.73. The quantitative estimate of drug-likeness (QED) is 0.602. The minimum Gasteiger partial charge on any atom is -0.388 e. The number of unbranched alkanes of at least 4 members (excludes halogenated alkanes) is 5. The van der Waals surface area contributed by atoms with Crippen molar-refractivity contribution in [1.29, 1.82) is 0 Å². The number of amides is 1. The van der Waals surface area contributed by atoms with Crippen LogP contribution in [-0.4, -0.2) is 36.0 Å². The van der Waals surface area contributed by atoms with Gasteiger partial charge < -0.3 is 14.2 Å². The molecule has 0 unspecified atom stereocenters. The summed E-state index contributed by atoms with van der Waals surface area (Å²) in [5.74, 6) is 2.86. The Hall–Kier alpha value is -1.17. The Bertz CT molecular complexity index is 407. The second-order valence-electron chi connectivity index (χ2n) is 5.21. The van der Waals surface area contributed by atoms with Crippen molar-refractivity contribution < 1.29 is 14.1 Å². The van der Waals surface area contributed by atoms with Crippen LogP contribution in [0.3, 0.4) is 0 Å². The highest BCUT2D eigenvalue weighted by Gasteiger charge is 2.11. The maximum Gasteiger partial charge on any atom is 0.416 e. The zero-order valence-electron chi connectivity index (χ0n) is 13.3. The van der Waals surface area contributed by atoms with Gasteiger partial charge in [0.2, 0.25) is 0 Å². The fourth-order valence-electron chi connectivity index (χ4n) is 1.75. The van der Waals surface area contributed by atoms with Crippen LogP contribution in [0.15, 0.2) is 10.6 Å². The molecule has 6 heteroatoms. The molecule has 0 saturated carbocycles. The molecule has 1 heterocycles. The fourth-order valence-corrected chi connectivity index (χ4v) is 2.64. The topological polar surface area (TPSA) is 55.6 Å². The van der Waals surface area contributed by atoms with Gasteiger partial charge in [0, 0.05) is 20.2 Å². The summed E-state index contributed by atoms with van der Waals surface area (Å²) < 4.78 is 10.2. The number of thioether (sulfide) groups is 1. The van der Waals surface area contributed by atoms with Crippen LogP contribution >= 0.6 is 11.8 Å². The van der Waals surface area contributed by atoms with Crippen LogP contribution in [0, 0.1) is 0 Å². The van der Waals surface area contributed by atoms with Crippen LogP contribution in [0.1, 0.15) is 51.2 Å². The average Bonchev–Trinajstić information content (AvgIpc) is 2.89. The largest absolute Gasteiger partial charge is 0.416 e. The minimum absolute atomic E-state index is 0.226. The zero-order chi connectivity index (χ0) is 15.5. The summed E-state index contributed by atoms with van der Waals surface area (Å²) in [6.45, 7) is 2.23. The van der Waals surface area contributed by atoms with E-state index in [4.69, 9.17) is 9.26 Å². The van der Waals surface area contributed by atoms with E-state index in [1.165, 1.54) is 43.4 Å². The van der Waals surface area contributed by atoms with Gasteiger partial charge in [0.05, 0.1) is 5.75 Å². The first-order valence-electron chi connectivity index (χ1n) is 7.56. The van der Waals surface area contributed by atoms with Crippen LogP contribution in [0.5, 0.6) is 5.88 Å². The summed E-state index contributed by atoms with van der Waals surface area (Å²) in [5.41, 5.74) is 0. The van der Waals surface area contributed by atoms with E-state index in [0.717, 1.165) is 17.3 Å². The summed E-state index contributed by atoms with van der Waals surface area (Å²) in [6, 6.07) is 1.68. The smallest absolute Gasteiger partial charge is 0.388 e. The molecule has 0 N–H and O–H groups in total. The highest BCUT2D eigenvalue weighted by Crippen LogP contribution is 2.19. The van der Waals surface area contributed by atoms with Crippen molar-refractivity contribution in [2.45, 2.75) is 51.2 Å². The highest BCUT2D eigenvalue weighted by atomic mass is 32.2. The number of hydrogen-bond donors (Lipinski definition) is 0. The van der Waals surface area contributed by atoms with Gasteiger partial charge >= 0.3 is 6.09 Å². The lowest BCUT2D eigenvalue weighted by Gasteiger charge is -2.07. The lowest BCUT2D eigenvalue weighted by molar-refractivity contribution is 0.167. The van der Waals surface area contributed by atoms with Gasteiger partial charge in [-0.2, -0.15) is 11.8 Å². The highest BCUT2D eigenvalue weighted by molar-refractivity contribution is 7.98.